The number of fused-ring (bicyclic) bond motifs is 3. The van der Waals surface area contributed by atoms with Gasteiger partial charge in [0.1, 0.15) is 11.2 Å². The molecule has 1 N–H and O–H groups in total. The van der Waals surface area contributed by atoms with Gasteiger partial charge in [0.05, 0.1) is 18.3 Å². The highest BCUT2D eigenvalue weighted by atomic mass is 16.3. The molecule has 2 fully saturated rings. The molecule has 2 saturated carbocycles. The fourth-order valence-corrected chi connectivity index (χ4v) is 6.18. The average molecular weight is 426 g/mol. The molecule has 5 rings (SSSR count). The standard InChI is InChI=1S/C25H35N3O3/c1-17-9-7-8-12-19(17)26-24(30)25(2)16-27-20-13-14-31-22(20)15-21(27)23(29)28(25)18-10-5-3-4-6-11-18/h13-15,17-19H,3-12,16H2,1-2H3,(H,26,30). The molecule has 0 saturated heterocycles. The number of amides is 2. The molecule has 168 valence electrons. The topological polar surface area (TPSA) is 67.5 Å². The van der Waals surface area contributed by atoms with Gasteiger partial charge >= 0.3 is 0 Å². The van der Waals surface area contributed by atoms with E-state index in [1.165, 1.54) is 19.3 Å². The van der Waals surface area contributed by atoms with Crippen LogP contribution in [0.3, 0.4) is 0 Å². The molecule has 0 radical (unpaired) electrons. The number of furan rings is 1. The Morgan fingerprint density at radius 3 is 2.55 bits per heavy atom. The largest absolute Gasteiger partial charge is 0.463 e. The molecule has 0 bridgehead atoms. The number of carbonyl (C=O) groups is 2. The number of nitrogens with one attached hydrogen (secondary N) is 1. The first-order valence-corrected chi connectivity index (χ1v) is 12.2. The van der Waals surface area contributed by atoms with Gasteiger partial charge in [0.15, 0.2) is 5.58 Å². The smallest absolute Gasteiger partial charge is 0.271 e. The van der Waals surface area contributed by atoms with Crippen molar-refractivity contribution in [3.8, 4) is 0 Å². The van der Waals surface area contributed by atoms with Crippen LogP contribution in [0.1, 0.15) is 88.5 Å². The lowest BCUT2D eigenvalue weighted by Gasteiger charge is -2.48. The van der Waals surface area contributed by atoms with Crippen molar-refractivity contribution < 1.29 is 14.0 Å². The van der Waals surface area contributed by atoms with Crippen LogP contribution in [0.15, 0.2) is 22.8 Å². The van der Waals surface area contributed by atoms with E-state index in [-0.39, 0.29) is 23.9 Å². The van der Waals surface area contributed by atoms with Gasteiger partial charge in [0.25, 0.3) is 5.91 Å². The number of nitrogens with zero attached hydrogens (tertiary/aromatic N) is 2. The molecule has 2 aliphatic carbocycles. The summed E-state index contributed by atoms with van der Waals surface area (Å²) in [5.41, 5.74) is 1.36. The van der Waals surface area contributed by atoms with Crippen LogP contribution < -0.4 is 5.32 Å². The first kappa shape index (κ1) is 20.7. The first-order chi connectivity index (χ1) is 15.0. The average Bonchev–Trinajstić information content (AvgIpc) is 3.23. The van der Waals surface area contributed by atoms with E-state index in [4.69, 9.17) is 4.42 Å². The summed E-state index contributed by atoms with van der Waals surface area (Å²) in [6.07, 6.45) is 12.9. The molecule has 6 heteroatoms. The Morgan fingerprint density at radius 1 is 1.10 bits per heavy atom. The lowest BCUT2D eigenvalue weighted by Crippen LogP contribution is -2.67. The SMILES string of the molecule is CC1CCCCC1NC(=O)C1(C)Cn2c(cc3occc32)C(=O)N1C1CCCCCC1. The highest BCUT2D eigenvalue weighted by Crippen LogP contribution is 2.37. The molecule has 0 spiro atoms. The number of carbonyl (C=O) groups excluding carboxylic acids is 2. The predicted octanol–water partition coefficient (Wildman–Crippen LogP) is 4.87. The van der Waals surface area contributed by atoms with Crippen LogP contribution in [0.5, 0.6) is 0 Å². The van der Waals surface area contributed by atoms with Crippen LogP contribution in [-0.2, 0) is 11.3 Å². The van der Waals surface area contributed by atoms with Crippen molar-refractivity contribution in [3.63, 3.8) is 0 Å². The Balaban J connectivity index is 1.53. The van der Waals surface area contributed by atoms with Crippen LogP contribution >= 0.6 is 0 Å². The van der Waals surface area contributed by atoms with E-state index in [0.717, 1.165) is 56.0 Å². The van der Waals surface area contributed by atoms with Crippen LogP contribution in [0, 0.1) is 5.92 Å². The number of hydrogen-bond acceptors (Lipinski definition) is 3. The van der Waals surface area contributed by atoms with Crippen molar-refractivity contribution in [3.05, 3.63) is 24.1 Å². The number of aromatic nitrogens is 1. The second-order valence-electron chi connectivity index (χ2n) is 10.2. The quantitative estimate of drug-likeness (QED) is 0.714. The minimum absolute atomic E-state index is 0.000146. The highest BCUT2D eigenvalue weighted by molar-refractivity contribution is 6.03. The van der Waals surface area contributed by atoms with E-state index in [2.05, 4.69) is 12.2 Å². The van der Waals surface area contributed by atoms with Crippen LogP contribution in [-0.4, -0.2) is 38.9 Å². The van der Waals surface area contributed by atoms with E-state index < -0.39 is 5.54 Å². The molecule has 3 heterocycles. The Morgan fingerprint density at radius 2 is 1.81 bits per heavy atom. The Labute approximate surface area is 184 Å². The van der Waals surface area contributed by atoms with Crippen molar-refractivity contribution in [2.45, 2.75) is 102 Å². The van der Waals surface area contributed by atoms with Gasteiger partial charge in [0, 0.05) is 24.2 Å². The lowest BCUT2D eigenvalue weighted by molar-refractivity contribution is -0.135. The molecular weight excluding hydrogens is 390 g/mol. The van der Waals surface area contributed by atoms with E-state index >= 15 is 0 Å². The maximum Gasteiger partial charge on any atom is 0.271 e. The molecule has 1 aliphatic heterocycles. The molecular formula is C25H35N3O3. The van der Waals surface area contributed by atoms with Gasteiger partial charge < -0.3 is 19.2 Å². The minimum Gasteiger partial charge on any atom is -0.463 e. The number of hydrogen-bond donors (Lipinski definition) is 1. The van der Waals surface area contributed by atoms with Gasteiger partial charge in [0.2, 0.25) is 5.91 Å². The monoisotopic (exact) mass is 425 g/mol. The molecule has 3 atom stereocenters. The third kappa shape index (κ3) is 3.48. The lowest BCUT2D eigenvalue weighted by atomic mass is 9.84. The first-order valence-electron chi connectivity index (χ1n) is 12.2. The van der Waals surface area contributed by atoms with Gasteiger partial charge in [-0.25, -0.2) is 0 Å². The third-order valence-electron chi connectivity index (χ3n) is 8.07. The summed E-state index contributed by atoms with van der Waals surface area (Å²) in [4.78, 5) is 29.7. The van der Waals surface area contributed by atoms with Gasteiger partial charge in [-0.3, -0.25) is 9.59 Å². The summed E-state index contributed by atoms with van der Waals surface area (Å²) in [6.45, 7) is 4.69. The van der Waals surface area contributed by atoms with Crippen molar-refractivity contribution in [2.75, 3.05) is 0 Å². The molecule has 31 heavy (non-hydrogen) atoms. The molecule has 3 aliphatic rings. The maximum atomic E-state index is 13.9. The van der Waals surface area contributed by atoms with Crippen LogP contribution in [0.2, 0.25) is 0 Å². The zero-order valence-electron chi connectivity index (χ0n) is 18.9. The summed E-state index contributed by atoms with van der Waals surface area (Å²) in [7, 11) is 0. The maximum absolute atomic E-state index is 13.9. The Kier molecular flexibility index (Phi) is 5.35. The van der Waals surface area contributed by atoms with Gasteiger partial charge in [-0.1, -0.05) is 45.4 Å². The Hall–Kier alpha value is -2.24. The molecule has 3 unspecified atom stereocenters. The predicted molar refractivity (Wildman–Crippen MR) is 120 cm³/mol. The van der Waals surface area contributed by atoms with Crippen molar-refractivity contribution >= 4 is 22.9 Å². The second kappa shape index (κ2) is 8.03. The zero-order valence-corrected chi connectivity index (χ0v) is 18.9. The fraction of sp³-hybridized carbons (Fsp3) is 0.680. The van der Waals surface area contributed by atoms with E-state index in [9.17, 15) is 9.59 Å². The van der Waals surface area contributed by atoms with Crippen molar-refractivity contribution in [2.24, 2.45) is 5.92 Å². The summed E-state index contributed by atoms with van der Waals surface area (Å²) >= 11 is 0. The summed E-state index contributed by atoms with van der Waals surface area (Å²) < 4.78 is 7.59. The molecule has 6 nitrogen and oxygen atoms in total. The van der Waals surface area contributed by atoms with Gasteiger partial charge in [-0.2, -0.15) is 0 Å². The molecule has 0 aromatic carbocycles. The molecule has 2 aromatic rings. The van der Waals surface area contributed by atoms with Crippen molar-refractivity contribution in [1.82, 2.24) is 14.8 Å². The zero-order chi connectivity index (χ0) is 21.6. The molecule has 2 amide bonds. The van der Waals surface area contributed by atoms with Gasteiger partial charge in [-0.15, -0.1) is 0 Å². The Bertz CT molecular complexity index is 968. The fourth-order valence-electron chi connectivity index (χ4n) is 6.18. The summed E-state index contributed by atoms with van der Waals surface area (Å²) in [5.74, 6) is 0.452. The van der Waals surface area contributed by atoms with Gasteiger partial charge in [-0.05, 0) is 38.5 Å². The minimum atomic E-state index is -0.903. The van der Waals surface area contributed by atoms with Crippen molar-refractivity contribution in [1.29, 1.82) is 0 Å². The van der Waals surface area contributed by atoms with Crippen LogP contribution in [0.25, 0.3) is 11.1 Å². The molecule has 2 aromatic heterocycles. The third-order valence-corrected chi connectivity index (χ3v) is 8.07. The van der Waals surface area contributed by atoms with E-state index in [1.54, 1.807) is 6.26 Å². The second-order valence-corrected chi connectivity index (χ2v) is 10.2. The van der Waals surface area contributed by atoms with E-state index in [1.807, 2.05) is 28.5 Å². The summed E-state index contributed by atoms with van der Waals surface area (Å²) in [6, 6.07) is 4.06. The highest BCUT2D eigenvalue weighted by Gasteiger charge is 2.51. The van der Waals surface area contributed by atoms with Crippen LogP contribution in [0.4, 0.5) is 0 Å². The van der Waals surface area contributed by atoms with E-state index in [0.29, 0.717) is 18.2 Å². The normalized spacial score (nSPS) is 30.3. The summed E-state index contributed by atoms with van der Waals surface area (Å²) in [5, 5.41) is 3.38. The number of rotatable bonds is 3.